The Morgan fingerprint density at radius 3 is 2.41 bits per heavy atom. The number of anilines is 3. The Bertz CT molecular complexity index is 1590. The zero-order chi connectivity index (χ0) is 28.7. The number of para-hydroxylation sites is 1. The molecule has 3 heterocycles. The molecule has 2 fully saturated rings. The fourth-order valence-corrected chi connectivity index (χ4v) is 7.50. The number of rotatable bonds is 7. The number of fused-ring (bicyclic) bond motifs is 2. The minimum absolute atomic E-state index is 0.279. The normalized spacial score (nSPS) is 18.3. The minimum atomic E-state index is -0.757. The highest BCUT2D eigenvalue weighted by Gasteiger charge is 2.46. The summed E-state index contributed by atoms with van der Waals surface area (Å²) in [6.07, 6.45) is 4.26. The molecule has 0 bridgehead atoms. The number of hydrogen-bond acceptors (Lipinski definition) is 7. The van der Waals surface area contributed by atoms with Gasteiger partial charge in [0.05, 0.1) is 16.8 Å². The zero-order valence-corrected chi connectivity index (χ0v) is 24.5. The summed E-state index contributed by atoms with van der Waals surface area (Å²) in [7, 11) is 3.23. The lowest BCUT2D eigenvalue weighted by Gasteiger charge is -2.40. The van der Waals surface area contributed by atoms with E-state index in [0.29, 0.717) is 18.7 Å². The largest absolute Gasteiger partial charge is 0.481 e. The molecule has 41 heavy (non-hydrogen) atoms. The van der Waals surface area contributed by atoms with E-state index in [1.807, 2.05) is 6.07 Å². The number of aromatic nitrogens is 2. The number of benzene rings is 2. The van der Waals surface area contributed by atoms with E-state index < -0.39 is 11.4 Å². The summed E-state index contributed by atoms with van der Waals surface area (Å²) in [4.78, 5) is 46.4. The van der Waals surface area contributed by atoms with Gasteiger partial charge in [-0.2, -0.15) is 0 Å². The molecule has 3 aliphatic rings. The summed E-state index contributed by atoms with van der Waals surface area (Å²) in [6.45, 7) is 5.14. The maximum absolute atomic E-state index is 12.5. The van der Waals surface area contributed by atoms with Crippen LogP contribution in [0.5, 0.6) is 0 Å². The molecule has 2 aliphatic heterocycles. The lowest BCUT2D eigenvalue weighted by Crippen LogP contribution is -2.42. The highest BCUT2D eigenvalue weighted by Crippen LogP contribution is 2.51. The summed E-state index contributed by atoms with van der Waals surface area (Å²) in [6, 6.07) is 16.3. The van der Waals surface area contributed by atoms with Gasteiger partial charge in [0.1, 0.15) is 5.82 Å². The highest BCUT2D eigenvalue weighted by atomic mass is 32.2. The maximum Gasteiger partial charge on any atom is 0.332 e. The molecule has 0 spiro atoms. The molecule has 1 aromatic heterocycles. The van der Waals surface area contributed by atoms with Gasteiger partial charge in [0.25, 0.3) is 5.56 Å². The van der Waals surface area contributed by atoms with Gasteiger partial charge in [-0.1, -0.05) is 36.4 Å². The van der Waals surface area contributed by atoms with Crippen molar-refractivity contribution in [2.45, 2.75) is 47.3 Å². The number of carboxylic acids is 1. The van der Waals surface area contributed by atoms with E-state index in [4.69, 9.17) is 0 Å². The van der Waals surface area contributed by atoms with Crippen molar-refractivity contribution in [1.82, 2.24) is 14.0 Å². The first-order chi connectivity index (χ1) is 19.8. The summed E-state index contributed by atoms with van der Waals surface area (Å²) in [5.41, 5.74) is 1.86. The minimum Gasteiger partial charge on any atom is -0.481 e. The van der Waals surface area contributed by atoms with E-state index in [9.17, 15) is 19.5 Å². The van der Waals surface area contributed by atoms with Gasteiger partial charge in [0.2, 0.25) is 0 Å². The topological polar surface area (TPSA) is 91.0 Å². The predicted octanol–water partition coefficient (Wildman–Crippen LogP) is 3.80. The lowest BCUT2D eigenvalue weighted by molar-refractivity contribution is -0.147. The van der Waals surface area contributed by atoms with E-state index in [-0.39, 0.29) is 11.2 Å². The third-order valence-corrected chi connectivity index (χ3v) is 10.2. The molecular weight excluding hydrogens is 538 g/mol. The van der Waals surface area contributed by atoms with Crippen LogP contribution in [0, 0.1) is 0 Å². The van der Waals surface area contributed by atoms with Gasteiger partial charge in [-0.25, -0.2) is 4.79 Å². The molecule has 3 aromatic rings. The van der Waals surface area contributed by atoms with Crippen molar-refractivity contribution in [2.24, 2.45) is 14.1 Å². The number of hydrogen-bond donors (Lipinski definition) is 1. The van der Waals surface area contributed by atoms with E-state index in [2.05, 4.69) is 51.1 Å². The number of carbonyl (C=O) groups is 1. The second-order valence-corrected chi connectivity index (χ2v) is 12.5. The van der Waals surface area contributed by atoms with E-state index in [1.54, 1.807) is 29.4 Å². The maximum atomic E-state index is 12.5. The standard InChI is InChI=1S/C31H37N5O4S/c1-32-27(21-28(37)33(2)30(32)40)35-16-6-14-34(18-19-35)15-7-17-36-23-8-3-4-9-25(23)41-26-11-10-22(20-24(26)36)31(29(38)39)12-5-13-31/h3-4,8-11,20-21H,5-7,12-19H2,1-2H3,(H,38,39). The van der Waals surface area contributed by atoms with Crippen molar-refractivity contribution >= 4 is 34.9 Å². The van der Waals surface area contributed by atoms with E-state index in [0.717, 1.165) is 79.2 Å². The van der Waals surface area contributed by atoms with Crippen molar-refractivity contribution < 1.29 is 9.90 Å². The second kappa shape index (κ2) is 11.1. The van der Waals surface area contributed by atoms with Gasteiger partial charge in [0.15, 0.2) is 0 Å². The number of aliphatic carboxylic acids is 1. The Morgan fingerprint density at radius 2 is 1.66 bits per heavy atom. The quantitative estimate of drug-likeness (QED) is 0.455. The van der Waals surface area contributed by atoms with Crippen LogP contribution < -0.4 is 21.0 Å². The van der Waals surface area contributed by atoms with Crippen LogP contribution in [0.1, 0.15) is 37.7 Å². The van der Waals surface area contributed by atoms with Crippen LogP contribution in [0.25, 0.3) is 0 Å². The van der Waals surface area contributed by atoms with Crippen LogP contribution >= 0.6 is 11.8 Å². The van der Waals surface area contributed by atoms with Gasteiger partial charge < -0.3 is 19.8 Å². The van der Waals surface area contributed by atoms with Gasteiger partial charge in [-0.3, -0.25) is 18.7 Å². The summed E-state index contributed by atoms with van der Waals surface area (Å²) < 4.78 is 2.70. The van der Waals surface area contributed by atoms with Crippen molar-refractivity contribution in [2.75, 3.05) is 49.1 Å². The molecule has 0 unspecified atom stereocenters. The molecule has 6 rings (SSSR count). The summed E-state index contributed by atoms with van der Waals surface area (Å²) >= 11 is 1.75. The zero-order valence-electron chi connectivity index (χ0n) is 23.7. The molecule has 1 aliphatic carbocycles. The van der Waals surface area contributed by atoms with Crippen LogP contribution in [-0.2, 0) is 24.3 Å². The molecular formula is C31H37N5O4S. The van der Waals surface area contributed by atoms with E-state index >= 15 is 0 Å². The van der Waals surface area contributed by atoms with E-state index in [1.165, 1.54) is 17.6 Å². The van der Waals surface area contributed by atoms with Gasteiger partial charge in [0, 0.05) is 56.1 Å². The molecule has 1 saturated carbocycles. The van der Waals surface area contributed by atoms with Crippen molar-refractivity contribution in [1.29, 1.82) is 0 Å². The fourth-order valence-electron chi connectivity index (χ4n) is 6.43. The fraction of sp³-hybridized carbons (Fsp3) is 0.452. The molecule has 216 valence electrons. The number of nitrogens with zero attached hydrogens (tertiary/aromatic N) is 5. The number of carboxylic acid groups (broad SMARTS) is 1. The average Bonchev–Trinajstić information content (AvgIpc) is 3.18. The smallest absolute Gasteiger partial charge is 0.332 e. The molecule has 0 radical (unpaired) electrons. The monoisotopic (exact) mass is 575 g/mol. The first-order valence-electron chi connectivity index (χ1n) is 14.5. The molecule has 1 saturated heterocycles. The predicted molar refractivity (Wildman–Crippen MR) is 162 cm³/mol. The second-order valence-electron chi connectivity index (χ2n) is 11.4. The molecule has 0 atom stereocenters. The first kappa shape index (κ1) is 27.7. The van der Waals surface area contributed by atoms with Crippen LogP contribution in [-0.4, -0.2) is 64.4 Å². The van der Waals surface area contributed by atoms with Crippen LogP contribution in [0.2, 0.25) is 0 Å². The molecule has 2 aromatic carbocycles. The summed E-state index contributed by atoms with van der Waals surface area (Å²) in [5, 5.41) is 10.1. The molecule has 9 nitrogen and oxygen atoms in total. The van der Waals surface area contributed by atoms with Crippen LogP contribution in [0.15, 0.2) is 67.9 Å². The summed E-state index contributed by atoms with van der Waals surface area (Å²) in [5.74, 6) is -0.0364. The van der Waals surface area contributed by atoms with Crippen molar-refractivity contribution in [3.8, 4) is 0 Å². The van der Waals surface area contributed by atoms with Gasteiger partial charge >= 0.3 is 11.7 Å². The Hall–Kier alpha value is -3.50. The Morgan fingerprint density at radius 1 is 0.878 bits per heavy atom. The molecule has 0 amide bonds. The Labute approximate surface area is 244 Å². The Balaban J connectivity index is 1.17. The van der Waals surface area contributed by atoms with Crippen molar-refractivity contribution in [3.63, 3.8) is 0 Å². The highest BCUT2D eigenvalue weighted by molar-refractivity contribution is 7.99. The molecule has 10 heteroatoms. The van der Waals surface area contributed by atoms with Crippen LogP contribution in [0.3, 0.4) is 0 Å². The molecule has 1 N–H and O–H groups in total. The van der Waals surface area contributed by atoms with Gasteiger partial charge in [-0.05, 0) is 68.6 Å². The average molecular weight is 576 g/mol. The SMILES string of the molecule is Cn1c(N2CCCN(CCCN3c4ccccc4Sc4ccc(C5(C(=O)O)CCC5)cc43)CC2)cc(=O)n(C)c1=O. The lowest BCUT2D eigenvalue weighted by atomic mass is 9.64. The van der Waals surface area contributed by atoms with Crippen LogP contribution in [0.4, 0.5) is 17.2 Å². The first-order valence-corrected chi connectivity index (χ1v) is 15.3. The Kier molecular flexibility index (Phi) is 7.46. The van der Waals surface area contributed by atoms with Crippen molar-refractivity contribution in [3.05, 3.63) is 74.9 Å². The van der Waals surface area contributed by atoms with Gasteiger partial charge in [-0.15, -0.1) is 0 Å². The third kappa shape index (κ3) is 4.97. The third-order valence-electron chi connectivity index (χ3n) is 9.06.